The van der Waals surface area contributed by atoms with Gasteiger partial charge in [-0.2, -0.15) is 10.1 Å². The minimum atomic E-state index is -0.103. The van der Waals surface area contributed by atoms with Crippen LogP contribution in [0.5, 0.6) is 0 Å². The Bertz CT molecular complexity index is 813. The molecule has 24 heavy (non-hydrogen) atoms. The molecule has 0 amide bonds. The summed E-state index contributed by atoms with van der Waals surface area (Å²) in [5.74, 6) is 1.08. The van der Waals surface area contributed by atoms with E-state index in [4.69, 9.17) is 16.1 Å². The average Bonchev–Trinajstić information content (AvgIpc) is 3.20. The van der Waals surface area contributed by atoms with Gasteiger partial charge in [-0.05, 0) is 25.5 Å². The zero-order valence-corrected chi connectivity index (χ0v) is 14.6. The Balaban J connectivity index is 1.70. The summed E-state index contributed by atoms with van der Waals surface area (Å²) in [4.78, 5) is 8.42. The average molecular weight is 347 g/mol. The molecule has 0 saturated heterocycles. The number of halogens is 1. The molecule has 8 heteroatoms. The third-order valence-corrected chi connectivity index (χ3v) is 4.30. The second-order valence-electron chi connectivity index (χ2n) is 5.49. The molecule has 3 aromatic heterocycles. The molecule has 0 aliphatic carbocycles. The van der Waals surface area contributed by atoms with Crippen LogP contribution in [-0.2, 0) is 20.0 Å². The fourth-order valence-electron chi connectivity index (χ4n) is 2.43. The number of nitrogens with zero attached hydrogens (tertiary/aromatic N) is 5. The van der Waals surface area contributed by atoms with Gasteiger partial charge in [-0.3, -0.25) is 9.67 Å². The van der Waals surface area contributed by atoms with Crippen molar-refractivity contribution in [3.05, 3.63) is 46.8 Å². The highest BCUT2D eigenvalue weighted by atomic mass is 35.5. The predicted molar refractivity (Wildman–Crippen MR) is 90.4 cm³/mol. The van der Waals surface area contributed by atoms with Gasteiger partial charge in [0.1, 0.15) is 5.15 Å². The Hall–Kier alpha value is -2.25. The molecule has 0 aromatic carbocycles. The smallest absolute Gasteiger partial charge is 0.243 e. The van der Waals surface area contributed by atoms with Crippen molar-refractivity contribution in [2.45, 2.75) is 32.9 Å². The highest BCUT2D eigenvalue weighted by Gasteiger charge is 2.18. The SMILES string of the molecule is CCc1nn(C)c(Cl)c1CNC(C)c1nc(-c2ccncc2)no1. The Morgan fingerprint density at radius 2 is 2.08 bits per heavy atom. The first-order valence-electron chi connectivity index (χ1n) is 7.77. The molecule has 0 aliphatic rings. The zero-order valence-electron chi connectivity index (χ0n) is 13.8. The summed E-state index contributed by atoms with van der Waals surface area (Å²) in [6, 6.07) is 3.58. The molecular formula is C16H19ClN6O. The van der Waals surface area contributed by atoms with E-state index in [1.807, 2.05) is 26.1 Å². The fourth-order valence-corrected chi connectivity index (χ4v) is 2.64. The zero-order chi connectivity index (χ0) is 17.1. The quantitative estimate of drug-likeness (QED) is 0.739. The topological polar surface area (TPSA) is 81.7 Å². The first-order valence-corrected chi connectivity index (χ1v) is 8.15. The highest BCUT2D eigenvalue weighted by Crippen LogP contribution is 2.22. The van der Waals surface area contributed by atoms with Gasteiger partial charge < -0.3 is 9.84 Å². The molecule has 1 N–H and O–H groups in total. The van der Waals surface area contributed by atoms with Gasteiger partial charge in [0.05, 0.1) is 11.7 Å². The lowest BCUT2D eigenvalue weighted by atomic mass is 10.2. The second-order valence-corrected chi connectivity index (χ2v) is 5.85. The maximum atomic E-state index is 6.31. The van der Waals surface area contributed by atoms with E-state index in [0.717, 1.165) is 23.2 Å². The monoisotopic (exact) mass is 346 g/mol. The molecule has 3 rings (SSSR count). The van der Waals surface area contributed by atoms with E-state index in [1.165, 1.54) is 0 Å². The Morgan fingerprint density at radius 1 is 1.33 bits per heavy atom. The number of hydrogen-bond acceptors (Lipinski definition) is 6. The summed E-state index contributed by atoms with van der Waals surface area (Å²) in [5.41, 5.74) is 2.86. The number of hydrogen-bond donors (Lipinski definition) is 1. The van der Waals surface area contributed by atoms with Gasteiger partial charge in [0.25, 0.3) is 0 Å². The van der Waals surface area contributed by atoms with Crippen LogP contribution in [0, 0.1) is 0 Å². The van der Waals surface area contributed by atoms with Crippen LogP contribution in [0.2, 0.25) is 5.15 Å². The van der Waals surface area contributed by atoms with E-state index in [2.05, 4.69) is 32.5 Å². The van der Waals surface area contributed by atoms with Gasteiger partial charge in [0, 0.05) is 37.1 Å². The molecular weight excluding hydrogens is 328 g/mol. The number of pyridine rings is 1. The van der Waals surface area contributed by atoms with Crippen LogP contribution in [0.25, 0.3) is 11.4 Å². The van der Waals surface area contributed by atoms with Crippen molar-refractivity contribution in [1.82, 2.24) is 30.2 Å². The first-order chi connectivity index (χ1) is 11.6. The lowest BCUT2D eigenvalue weighted by Crippen LogP contribution is -2.19. The standard InChI is InChI=1S/C16H19ClN6O/c1-4-13-12(14(17)23(3)21-13)9-19-10(2)16-20-15(22-24-16)11-5-7-18-8-6-11/h5-8,10,19H,4,9H2,1-3H3. The number of aryl methyl sites for hydroxylation is 2. The van der Waals surface area contributed by atoms with Gasteiger partial charge >= 0.3 is 0 Å². The summed E-state index contributed by atoms with van der Waals surface area (Å²) in [7, 11) is 1.84. The van der Waals surface area contributed by atoms with E-state index in [1.54, 1.807) is 17.1 Å². The van der Waals surface area contributed by atoms with Crippen LogP contribution < -0.4 is 5.32 Å². The molecule has 3 heterocycles. The van der Waals surface area contributed by atoms with Gasteiger partial charge in [-0.15, -0.1) is 0 Å². The summed E-state index contributed by atoms with van der Waals surface area (Å²) in [6.45, 7) is 4.62. The maximum absolute atomic E-state index is 6.31. The normalized spacial score (nSPS) is 12.5. The number of rotatable bonds is 6. The van der Waals surface area contributed by atoms with E-state index < -0.39 is 0 Å². The third-order valence-electron chi connectivity index (χ3n) is 3.82. The summed E-state index contributed by atoms with van der Waals surface area (Å²) >= 11 is 6.31. The van der Waals surface area contributed by atoms with Crippen molar-refractivity contribution in [2.24, 2.45) is 7.05 Å². The molecule has 3 aromatic rings. The minimum Gasteiger partial charge on any atom is -0.337 e. The molecule has 1 unspecified atom stereocenters. The van der Waals surface area contributed by atoms with Crippen LogP contribution in [0.3, 0.4) is 0 Å². The van der Waals surface area contributed by atoms with Crippen molar-refractivity contribution < 1.29 is 4.52 Å². The third kappa shape index (κ3) is 3.32. The summed E-state index contributed by atoms with van der Waals surface area (Å²) in [5, 5.41) is 12.4. The van der Waals surface area contributed by atoms with Crippen molar-refractivity contribution in [1.29, 1.82) is 0 Å². The molecule has 1 atom stereocenters. The van der Waals surface area contributed by atoms with Gasteiger partial charge in [-0.25, -0.2) is 0 Å². The van der Waals surface area contributed by atoms with E-state index >= 15 is 0 Å². The number of aromatic nitrogens is 5. The largest absolute Gasteiger partial charge is 0.337 e. The van der Waals surface area contributed by atoms with E-state index in [-0.39, 0.29) is 6.04 Å². The maximum Gasteiger partial charge on any atom is 0.243 e. The lowest BCUT2D eigenvalue weighted by molar-refractivity contribution is 0.339. The van der Waals surface area contributed by atoms with E-state index in [9.17, 15) is 0 Å². The summed E-state index contributed by atoms with van der Waals surface area (Å²) < 4.78 is 7.05. The molecule has 7 nitrogen and oxygen atoms in total. The molecule has 0 spiro atoms. The minimum absolute atomic E-state index is 0.103. The van der Waals surface area contributed by atoms with Crippen LogP contribution in [-0.4, -0.2) is 24.9 Å². The first kappa shape index (κ1) is 16.6. The highest BCUT2D eigenvalue weighted by molar-refractivity contribution is 6.30. The molecule has 126 valence electrons. The van der Waals surface area contributed by atoms with Crippen LogP contribution in [0.15, 0.2) is 29.0 Å². The van der Waals surface area contributed by atoms with Crippen molar-refractivity contribution in [2.75, 3.05) is 0 Å². The van der Waals surface area contributed by atoms with Crippen molar-refractivity contribution in [3.8, 4) is 11.4 Å². The molecule has 0 aliphatic heterocycles. The van der Waals surface area contributed by atoms with Crippen molar-refractivity contribution >= 4 is 11.6 Å². The van der Waals surface area contributed by atoms with Gasteiger partial charge in [-0.1, -0.05) is 23.7 Å². The molecule has 0 bridgehead atoms. The Morgan fingerprint density at radius 3 is 2.79 bits per heavy atom. The van der Waals surface area contributed by atoms with Gasteiger partial charge in [0.15, 0.2) is 0 Å². The van der Waals surface area contributed by atoms with Gasteiger partial charge in [0.2, 0.25) is 11.7 Å². The van der Waals surface area contributed by atoms with Crippen molar-refractivity contribution in [3.63, 3.8) is 0 Å². The van der Waals surface area contributed by atoms with Crippen LogP contribution in [0.4, 0.5) is 0 Å². The van der Waals surface area contributed by atoms with E-state index in [0.29, 0.717) is 23.4 Å². The summed E-state index contributed by atoms with van der Waals surface area (Å²) in [6.07, 6.45) is 4.23. The Labute approximate surface area is 145 Å². The fraction of sp³-hybridized carbons (Fsp3) is 0.375. The molecule has 0 radical (unpaired) electrons. The predicted octanol–water partition coefficient (Wildman–Crippen LogP) is 2.93. The molecule has 0 saturated carbocycles. The van der Waals surface area contributed by atoms with Crippen LogP contribution in [0.1, 0.15) is 37.0 Å². The van der Waals surface area contributed by atoms with Crippen LogP contribution >= 0.6 is 11.6 Å². The number of nitrogens with one attached hydrogen (secondary N) is 1. The molecule has 0 fully saturated rings. The Kier molecular flexibility index (Phi) is 4.92. The second kappa shape index (κ2) is 7.11. The lowest BCUT2D eigenvalue weighted by Gasteiger charge is -2.09.